The summed E-state index contributed by atoms with van der Waals surface area (Å²) in [7, 11) is 0. The summed E-state index contributed by atoms with van der Waals surface area (Å²) < 4.78 is 5.29. The third-order valence-electron chi connectivity index (χ3n) is 3.38. The summed E-state index contributed by atoms with van der Waals surface area (Å²) in [4.78, 5) is 23.6. The van der Waals surface area contributed by atoms with Crippen LogP contribution >= 0.6 is 0 Å². The first-order valence-electron chi connectivity index (χ1n) is 6.81. The number of nitrogens with one attached hydrogen (secondary N) is 1. The number of hydrogen-bond acceptors (Lipinski definition) is 4. The second-order valence-corrected chi connectivity index (χ2v) is 4.87. The van der Waals surface area contributed by atoms with Gasteiger partial charge in [-0.25, -0.2) is 4.79 Å². The molecule has 4 rings (SSSR count). The van der Waals surface area contributed by atoms with Gasteiger partial charge in [-0.2, -0.15) is 4.98 Å². The molecule has 0 saturated carbocycles. The Morgan fingerprint density at radius 3 is 2.64 bits per heavy atom. The summed E-state index contributed by atoms with van der Waals surface area (Å²) in [6, 6.07) is 17.0. The number of esters is 1. The molecule has 0 aliphatic carbocycles. The molecule has 0 saturated heterocycles. The maximum Gasteiger partial charge on any atom is 0.347 e. The van der Waals surface area contributed by atoms with Crippen LogP contribution in [0.15, 0.2) is 60.8 Å². The molecule has 106 valence electrons. The van der Waals surface area contributed by atoms with Crippen LogP contribution in [0.4, 0.5) is 0 Å². The van der Waals surface area contributed by atoms with E-state index in [9.17, 15) is 4.79 Å². The van der Waals surface area contributed by atoms with E-state index >= 15 is 0 Å². The Bertz CT molecular complexity index is 958. The highest BCUT2D eigenvalue weighted by molar-refractivity contribution is 5.94. The molecule has 0 aliphatic rings. The summed E-state index contributed by atoms with van der Waals surface area (Å²) in [5.41, 5.74) is 2.80. The van der Waals surface area contributed by atoms with E-state index in [4.69, 9.17) is 4.74 Å². The molecule has 0 fully saturated rings. The van der Waals surface area contributed by atoms with Crippen molar-refractivity contribution in [2.75, 3.05) is 0 Å². The zero-order valence-corrected chi connectivity index (χ0v) is 11.5. The predicted molar refractivity (Wildman–Crippen MR) is 82.8 cm³/mol. The van der Waals surface area contributed by atoms with Crippen LogP contribution in [0.3, 0.4) is 0 Å². The molecule has 0 amide bonds. The molecule has 0 atom stereocenters. The maximum atomic E-state index is 12.2. The summed E-state index contributed by atoms with van der Waals surface area (Å²) in [5.74, 6) is -0.489. The average molecular weight is 289 g/mol. The van der Waals surface area contributed by atoms with Gasteiger partial charge in [-0.15, -0.1) is 0 Å². The standard InChI is InChI=1S/C17H11N3O2/c21-16(12-9-11-5-1-2-6-13(11)18-10-12)22-17-19-14-7-3-4-8-15(14)20-17/h1-10H,(H,19,20). The minimum atomic E-state index is -0.489. The summed E-state index contributed by atoms with van der Waals surface area (Å²) in [5, 5.41) is 0.890. The van der Waals surface area contributed by atoms with Gasteiger partial charge in [-0.05, 0) is 24.3 Å². The average Bonchev–Trinajstić information content (AvgIpc) is 2.96. The predicted octanol–water partition coefficient (Wildman–Crippen LogP) is 3.33. The largest absolute Gasteiger partial charge is 0.388 e. The van der Waals surface area contributed by atoms with Crippen molar-refractivity contribution in [3.8, 4) is 6.01 Å². The van der Waals surface area contributed by atoms with E-state index in [0.29, 0.717) is 5.56 Å². The number of aromatic nitrogens is 3. The Balaban J connectivity index is 1.65. The lowest BCUT2D eigenvalue weighted by molar-refractivity contribution is 0.0721. The number of H-pyrrole nitrogens is 1. The SMILES string of the molecule is O=C(Oc1nc2ccccc2[nH]1)c1cnc2ccccc2c1. The van der Waals surface area contributed by atoms with Crippen molar-refractivity contribution < 1.29 is 9.53 Å². The van der Waals surface area contributed by atoms with Crippen LogP contribution in [-0.4, -0.2) is 20.9 Å². The number of carbonyl (C=O) groups excluding carboxylic acids is 1. The van der Waals surface area contributed by atoms with Crippen molar-refractivity contribution in [3.63, 3.8) is 0 Å². The molecule has 2 aromatic carbocycles. The molecule has 5 heteroatoms. The van der Waals surface area contributed by atoms with E-state index in [1.807, 2.05) is 48.5 Å². The second kappa shape index (κ2) is 4.96. The second-order valence-electron chi connectivity index (χ2n) is 4.87. The fraction of sp³-hybridized carbons (Fsp3) is 0. The topological polar surface area (TPSA) is 67.9 Å². The molecular weight excluding hydrogens is 278 g/mol. The van der Waals surface area contributed by atoms with Crippen LogP contribution in [0.1, 0.15) is 10.4 Å². The van der Waals surface area contributed by atoms with Crippen molar-refractivity contribution in [2.45, 2.75) is 0 Å². The van der Waals surface area contributed by atoms with Gasteiger partial charge in [0.05, 0.1) is 22.1 Å². The van der Waals surface area contributed by atoms with Crippen LogP contribution in [0, 0.1) is 0 Å². The van der Waals surface area contributed by atoms with Gasteiger partial charge in [-0.1, -0.05) is 30.3 Å². The van der Waals surface area contributed by atoms with Crippen molar-refractivity contribution in [3.05, 3.63) is 66.4 Å². The monoisotopic (exact) mass is 289 g/mol. The van der Waals surface area contributed by atoms with Gasteiger partial charge in [-0.3, -0.25) is 4.98 Å². The molecule has 4 aromatic rings. The number of ether oxygens (including phenoxy) is 1. The molecule has 2 heterocycles. The third kappa shape index (κ3) is 2.18. The molecular formula is C17H11N3O2. The summed E-state index contributed by atoms with van der Waals surface area (Å²) >= 11 is 0. The number of fused-ring (bicyclic) bond motifs is 2. The zero-order valence-electron chi connectivity index (χ0n) is 11.5. The Morgan fingerprint density at radius 2 is 1.77 bits per heavy atom. The minimum absolute atomic E-state index is 0.180. The number of nitrogens with zero attached hydrogens (tertiary/aromatic N) is 2. The number of hydrogen-bond donors (Lipinski definition) is 1. The molecule has 0 radical (unpaired) electrons. The van der Waals surface area contributed by atoms with Crippen molar-refractivity contribution in [1.82, 2.24) is 15.0 Å². The Morgan fingerprint density at radius 1 is 1.00 bits per heavy atom. The van der Waals surface area contributed by atoms with Crippen LogP contribution in [0.25, 0.3) is 21.9 Å². The molecule has 0 unspecified atom stereocenters. The van der Waals surface area contributed by atoms with Crippen LogP contribution in [0.5, 0.6) is 6.01 Å². The van der Waals surface area contributed by atoms with Gasteiger partial charge < -0.3 is 9.72 Å². The number of carbonyl (C=O) groups is 1. The fourth-order valence-corrected chi connectivity index (χ4v) is 2.31. The van der Waals surface area contributed by atoms with Crippen LogP contribution in [0.2, 0.25) is 0 Å². The lowest BCUT2D eigenvalue weighted by Gasteiger charge is -2.02. The van der Waals surface area contributed by atoms with E-state index in [-0.39, 0.29) is 6.01 Å². The molecule has 2 aromatic heterocycles. The van der Waals surface area contributed by atoms with E-state index in [1.54, 1.807) is 6.07 Å². The highest BCUT2D eigenvalue weighted by Crippen LogP contribution is 2.17. The summed E-state index contributed by atoms with van der Waals surface area (Å²) in [6.45, 7) is 0. The number of benzene rings is 2. The van der Waals surface area contributed by atoms with Gasteiger partial charge in [0, 0.05) is 11.6 Å². The fourth-order valence-electron chi connectivity index (χ4n) is 2.31. The molecule has 0 aliphatic heterocycles. The molecule has 22 heavy (non-hydrogen) atoms. The van der Waals surface area contributed by atoms with Crippen LogP contribution in [-0.2, 0) is 0 Å². The number of aromatic amines is 1. The normalized spacial score (nSPS) is 10.9. The number of rotatable bonds is 2. The Kier molecular flexibility index (Phi) is 2.83. The van der Waals surface area contributed by atoms with Gasteiger partial charge >= 0.3 is 12.0 Å². The Hall–Kier alpha value is -3.21. The molecule has 5 nitrogen and oxygen atoms in total. The zero-order chi connectivity index (χ0) is 14.9. The van der Waals surface area contributed by atoms with Crippen molar-refractivity contribution >= 4 is 27.9 Å². The highest BCUT2D eigenvalue weighted by Gasteiger charge is 2.12. The first-order valence-corrected chi connectivity index (χ1v) is 6.81. The van der Waals surface area contributed by atoms with Crippen molar-refractivity contribution in [1.29, 1.82) is 0 Å². The van der Waals surface area contributed by atoms with Crippen LogP contribution < -0.4 is 4.74 Å². The quantitative estimate of drug-likeness (QED) is 0.575. The smallest absolute Gasteiger partial charge is 0.347 e. The van der Waals surface area contributed by atoms with Gasteiger partial charge in [0.2, 0.25) is 0 Å². The number of imidazole rings is 1. The first-order chi connectivity index (χ1) is 10.8. The maximum absolute atomic E-state index is 12.2. The Labute approximate surface area is 125 Å². The lowest BCUT2D eigenvalue weighted by Crippen LogP contribution is -2.09. The molecule has 1 N–H and O–H groups in total. The first kappa shape index (κ1) is 12.5. The van der Waals surface area contributed by atoms with E-state index in [1.165, 1.54) is 6.20 Å². The minimum Gasteiger partial charge on any atom is -0.388 e. The van der Waals surface area contributed by atoms with E-state index < -0.39 is 5.97 Å². The summed E-state index contributed by atoms with van der Waals surface area (Å²) in [6.07, 6.45) is 1.51. The van der Waals surface area contributed by atoms with E-state index in [0.717, 1.165) is 21.9 Å². The molecule has 0 bridgehead atoms. The number of para-hydroxylation sites is 3. The molecule has 0 spiro atoms. The van der Waals surface area contributed by atoms with Gasteiger partial charge in [0.25, 0.3) is 0 Å². The van der Waals surface area contributed by atoms with Gasteiger partial charge in [0.15, 0.2) is 0 Å². The van der Waals surface area contributed by atoms with Crippen molar-refractivity contribution in [2.24, 2.45) is 0 Å². The van der Waals surface area contributed by atoms with Gasteiger partial charge in [0.1, 0.15) is 0 Å². The number of pyridine rings is 1. The van der Waals surface area contributed by atoms with E-state index in [2.05, 4.69) is 15.0 Å². The highest BCUT2D eigenvalue weighted by atomic mass is 16.5. The lowest BCUT2D eigenvalue weighted by atomic mass is 10.2. The third-order valence-corrected chi connectivity index (χ3v) is 3.38.